The molecule has 1 amide bonds. The fourth-order valence-corrected chi connectivity index (χ4v) is 2.01. The molecule has 0 saturated carbocycles. The Morgan fingerprint density at radius 2 is 2.20 bits per heavy atom. The van der Waals surface area contributed by atoms with Gasteiger partial charge in [0.15, 0.2) is 0 Å². The summed E-state index contributed by atoms with van der Waals surface area (Å²) < 4.78 is 0. The van der Waals surface area contributed by atoms with Gasteiger partial charge in [-0.3, -0.25) is 4.79 Å². The summed E-state index contributed by atoms with van der Waals surface area (Å²) in [4.78, 5) is 11.7. The maximum atomic E-state index is 11.7. The van der Waals surface area contributed by atoms with E-state index in [1.807, 2.05) is 0 Å². The van der Waals surface area contributed by atoms with Crippen molar-refractivity contribution in [3.05, 3.63) is 0 Å². The molecule has 88 valence electrons. The molecule has 0 aromatic heterocycles. The minimum Gasteiger partial charge on any atom is -0.356 e. The van der Waals surface area contributed by atoms with E-state index in [-0.39, 0.29) is 11.8 Å². The second-order valence-corrected chi connectivity index (χ2v) is 5.07. The van der Waals surface area contributed by atoms with Gasteiger partial charge in [-0.2, -0.15) is 0 Å². The zero-order valence-corrected chi connectivity index (χ0v) is 10.2. The molecule has 0 bridgehead atoms. The van der Waals surface area contributed by atoms with Crippen LogP contribution in [0.2, 0.25) is 0 Å². The van der Waals surface area contributed by atoms with Gasteiger partial charge in [-0.05, 0) is 31.2 Å². The zero-order chi connectivity index (χ0) is 11.3. The van der Waals surface area contributed by atoms with Gasteiger partial charge in [0.2, 0.25) is 5.91 Å². The monoisotopic (exact) mass is 212 g/mol. The van der Waals surface area contributed by atoms with Gasteiger partial charge in [0.05, 0.1) is 5.92 Å². The molecule has 1 aliphatic heterocycles. The van der Waals surface area contributed by atoms with Crippen molar-refractivity contribution in [1.82, 2.24) is 10.6 Å². The average molecular weight is 212 g/mol. The first-order chi connectivity index (χ1) is 7.11. The normalized spacial score (nSPS) is 25.9. The highest BCUT2D eigenvalue weighted by molar-refractivity contribution is 5.79. The van der Waals surface area contributed by atoms with Crippen LogP contribution in [0.25, 0.3) is 0 Å². The first kappa shape index (κ1) is 12.5. The molecule has 0 aromatic carbocycles. The molecule has 0 unspecified atom stereocenters. The smallest absolute Gasteiger partial charge is 0.224 e. The van der Waals surface area contributed by atoms with E-state index in [1.54, 1.807) is 0 Å². The third-order valence-corrected chi connectivity index (χ3v) is 3.11. The van der Waals surface area contributed by atoms with E-state index in [2.05, 4.69) is 31.4 Å². The number of hydrogen-bond acceptors (Lipinski definition) is 2. The first-order valence-electron chi connectivity index (χ1n) is 6.09. The fraction of sp³-hybridized carbons (Fsp3) is 0.917. The van der Waals surface area contributed by atoms with Gasteiger partial charge in [0.25, 0.3) is 0 Å². The second kappa shape index (κ2) is 6.11. The van der Waals surface area contributed by atoms with Crippen molar-refractivity contribution >= 4 is 5.91 Å². The van der Waals surface area contributed by atoms with Crippen molar-refractivity contribution in [3.63, 3.8) is 0 Å². The lowest BCUT2D eigenvalue weighted by Crippen LogP contribution is -2.34. The molecule has 2 N–H and O–H groups in total. The van der Waals surface area contributed by atoms with Crippen LogP contribution in [-0.2, 0) is 4.79 Å². The maximum absolute atomic E-state index is 11.7. The first-order valence-corrected chi connectivity index (χ1v) is 6.09. The summed E-state index contributed by atoms with van der Waals surface area (Å²) in [6.07, 6.45) is 2.29. The molecule has 0 spiro atoms. The van der Waals surface area contributed by atoms with Crippen LogP contribution in [0.3, 0.4) is 0 Å². The van der Waals surface area contributed by atoms with Gasteiger partial charge in [-0.15, -0.1) is 0 Å². The van der Waals surface area contributed by atoms with Gasteiger partial charge in [-0.25, -0.2) is 0 Å². The Kier molecular flexibility index (Phi) is 5.09. The van der Waals surface area contributed by atoms with Crippen molar-refractivity contribution < 1.29 is 4.79 Å². The third-order valence-electron chi connectivity index (χ3n) is 3.11. The molecule has 2 atom stereocenters. The number of rotatable bonds is 5. The molecule has 1 aliphatic rings. The van der Waals surface area contributed by atoms with Crippen LogP contribution in [0.4, 0.5) is 0 Å². The van der Waals surface area contributed by atoms with Crippen LogP contribution < -0.4 is 10.6 Å². The van der Waals surface area contributed by atoms with Gasteiger partial charge < -0.3 is 10.6 Å². The topological polar surface area (TPSA) is 41.1 Å². The van der Waals surface area contributed by atoms with Gasteiger partial charge in [0.1, 0.15) is 0 Å². The second-order valence-electron chi connectivity index (χ2n) is 5.07. The Bertz CT molecular complexity index is 204. The van der Waals surface area contributed by atoms with E-state index in [4.69, 9.17) is 0 Å². The van der Waals surface area contributed by atoms with E-state index in [0.29, 0.717) is 5.92 Å². The van der Waals surface area contributed by atoms with Crippen molar-refractivity contribution in [1.29, 1.82) is 0 Å². The predicted octanol–water partition coefficient (Wildman–Crippen LogP) is 1.39. The summed E-state index contributed by atoms with van der Waals surface area (Å²) in [5, 5.41) is 6.28. The molecule has 1 heterocycles. The van der Waals surface area contributed by atoms with Crippen LogP contribution in [-0.4, -0.2) is 25.5 Å². The Morgan fingerprint density at radius 1 is 1.47 bits per heavy atom. The maximum Gasteiger partial charge on any atom is 0.224 e. The molecule has 0 aliphatic carbocycles. The Labute approximate surface area is 93.0 Å². The Morgan fingerprint density at radius 3 is 2.73 bits per heavy atom. The molecule has 1 rings (SSSR count). The standard InChI is InChI=1S/C12H24N2O/c1-9(2)5-4-6-14-12(15)11-8-13-7-10(11)3/h9-11,13H,4-8H2,1-3H3,(H,14,15)/t10-,11-/m1/s1. The SMILES string of the molecule is CC(C)CCCNC(=O)[C@@H]1CNC[C@H]1C. The van der Waals surface area contributed by atoms with Crippen LogP contribution in [0.5, 0.6) is 0 Å². The van der Waals surface area contributed by atoms with Crippen molar-refractivity contribution in [2.75, 3.05) is 19.6 Å². The molecule has 3 nitrogen and oxygen atoms in total. The minimum absolute atomic E-state index is 0.184. The summed E-state index contributed by atoms with van der Waals surface area (Å²) in [5.74, 6) is 1.63. The lowest BCUT2D eigenvalue weighted by Gasteiger charge is -2.14. The summed E-state index contributed by atoms with van der Waals surface area (Å²) in [5.41, 5.74) is 0. The van der Waals surface area contributed by atoms with Crippen LogP contribution in [0, 0.1) is 17.8 Å². The Balaban J connectivity index is 2.13. The minimum atomic E-state index is 0.184. The lowest BCUT2D eigenvalue weighted by molar-refractivity contribution is -0.125. The average Bonchev–Trinajstić information content (AvgIpc) is 2.58. The highest BCUT2D eigenvalue weighted by atomic mass is 16.1. The number of amides is 1. The summed E-state index contributed by atoms with van der Waals surface area (Å²) >= 11 is 0. The van der Waals surface area contributed by atoms with Crippen molar-refractivity contribution in [2.24, 2.45) is 17.8 Å². The highest BCUT2D eigenvalue weighted by Gasteiger charge is 2.28. The number of hydrogen-bond donors (Lipinski definition) is 2. The summed E-state index contributed by atoms with van der Waals surface area (Å²) in [7, 11) is 0. The molecule has 1 fully saturated rings. The van der Waals surface area contributed by atoms with Crippen LogP contribution in [0.15, 0.2) is 0 Å². The van der Waals surface area contributed by atoms with Crippen molar-refractivity contribution in [2.45, 2.75) is 33.6 Å². The van der Waals surface area contributed by atoms with E-state index >= 15 is 0 Å². The largest absolute Gasteiger partial charge is 0.356 e. The fourth-order valence-electron chi connectivity index (χ4n) is 2.01. The zero-order valence-electron chi connectivity index (χ0n) is 10.2. The van der Waals surface area contributed by atoms with E-state index in [0.717, 1.165) is 32.0 Å². The van der Waals surface area contributed by atoms with Gasteiger partial charge >= 0.3 is 0 Å². The number of carbonyl (C=O) groups is 1. The quantitative estimate of drug-likeness (QED) is 0.676. The third kappa shape index (κ3) is 4.20. The molecule has 1 saturated heterocycles. The van der Waals surface area contributed by atoms with Crippen LogP contribution >= 0.6 is 0 Å². The molecular formula is C12H24N2O. The molecule has 3 heteroatoms. The van der Waals surface area contributed by atoms with Gasteiger partial charge in [0, 0.05) is 13.1 Å². The Hall–Kier alpha value is -0.570. The summed E-state index contributed by atoms with van der Waals surface area (Å²) in [6.45, 7) is 9.22. The number of nitrogens with one attached hydrogen (secondary N) is 2. The molecule has 0 aromatic rings. The van der Waals surface area contributed by atoms with E-state index < -0.39 is 0 Å². The predicted molar refractivity (Wildman–Crippen MR) is 62.6 cm³/mol. The van der Waals surface area contributed by atoms with E-state index in [9.17, 15) is 4.79 Å². The van der Waals surface area contributed by atoms with Crippen molar-refractivity contribution in [3.8, 4) is 0 Å². The highest BCUT2D eigenvalue weighted by Crippen LogP contribution is 2.15. The summed E-state index contributed by atoms with van der Waals surface area (Å²) in [6, 6.07) is 0. The molecule has 15 heavy (non-hydrogen) atoms. The molecule has 0 radical (unpaired) electrons. The lowest BCUT2D eigenvalue weighted by atomic mass is 9.97. The van der Waals surface area contributed by atoms with Gasteiger partial charge in [-0.1, -0.05) is 20.8 Å². The van der Waals surface area contributed by atoms with Crippen LogP contribution in [0.1, 0.15) is 33.6 Å². The molecular weight excluding hydrogens is 188 g/mol. The van der Waals surface area contributed by atoms with E-state index in [1.165, 1.54) is 6.42 Å². The number of carbonyl (C=O) groups excluding carboxylic acids is 1.